The van der Waals surface area contributed by atoms with Gasteiger partial charge in [-0.25, -0.2) is 0 Å². The molecule has 1 amide bonds. The van der Waals surface area contributed by atoms with Gasteiger partial charge in [0, 0.05) is 12.1 Å². The molecule has 4 heteroatoms. The largest absolute Gasteiger partial charge is 0.322 e. The average molecular weight is 252 g/mol. The zero-order chi connectivity index (χ0) is 13.2. The first-order valence-electron chi connectivity index (χ1n) is 6.17. The highest BCUT2D eigenvalue weighted by Gasteiger charge is 2.41. The molecule has 1 aliphatic heterocycles. The lowest BCUT2D eigenvalue weighted by molar-refractivity contribution is -0.693. The van der Waals surface area contributed by atoms with Crippen molar-refractivity contribution in [2.45, 2.75) is 13.0 Å². The fourth-order valence-corrected chi connectivity index (χ4v) is 2.24. The number of aromatic nitrogens is 1. The Morgan fingerprint density at radius 2 is 1.68 bits per heavy atom. The molecule has 4 nitrogen and oxygen atoms in total. The fourth-order valence-electron chi connectivity index (χ4n) is 2.24. The van der Waals surface area contributed by atoms with Gasteiger partial charge in [0.25, 0.3) is 6.04 Å². The summed E-state index contributed by atoms with van der Waals surface area (Å²) in [4.78, 5) is 12.5. The Morgan fingerprint density at radius 1 is 1.05 bits per heavy atom. The van der Waals surface area contributed by atoms with Crippen LogP contribution < -0.4 is 9.58 Å². The molecule has 0 fully saturated rings. The Labute approximate surface area is 111 Å². The monoisotopic (exact) mass is 252 g/mol. The van der Waals surface area contributed by atoms with Gasteiger partial charge >= 0.3 is 5.91 Å². The van der Waals surface area contributed by atoms with Crippen LogP contribution in [-0.4, -0.2) is 11.6 Å². The number of anilines is 1. The summed E-state index contributed by atoms with van der Waals surface area (Å²) < 4.78 is 1.88. The number of hydrogen-bond acceptors (Lipinski definition) is 2. The number of hydrazone groups is 1. The van der Waals surface area contributed by atoms with Crippen molar-refractivity contribution in [1.82, 2.24) is 0 Å². The number of nitrogens with zero attached hydrogens (tertiary/aromatic N) is 3. The lowest BCUT2D eigenvalue weighted by atomic mass is 10.2. The molecule has 0 spiro atoms. The standard InChI is InChI=1S/C15H14N3O/c1-12-14(17-10-6-3-7-11-17)15(19)18(16-12)13-8-4-2-5-9-13/h2-11,14H,1H3/q+1. The average Bonchev–Trinajstić information content (AvgIpc) is 2.76. The summed E-state index contributed by atoms with van der Waals surface area (Å²) in [5.74, 6) is -0.0279. The number of pyridine rings is 1. The summed E-state index contributed by atoms with van der Waals surface area (Å²) in [7, 11) is 0. The summed E-state index contributed by atoms with van der Waals surface area (Å²) in [6.45, 7) is 1.88. The second-order valence-corrected chi connectivity index (χ2v) is 4.45. The first-order chi connectivity index (χ1) is 9.27. The van der Waals surface area contributed by atoms with Gasteiger partial charge in [-0.2, -0.15) is 14.7 Å². The third kappa shape index (κ3) is 2.01. The third-order valence-corrected chi connectivity index (χ3v) is 3.13. The van der Waals surface area contributed by atoms with Gasteiger partial charge in [-0.1, -0.05) is 24.3 Å². The Kier molecular flexibility index (Phi) is 2.83. The Morgan fingerprint density at radius 3 is 2.37 bits per heavy atom. The Bertz CT molecular complexity index is 622. The second kappa shape index (κ2) is 4.65. The van der Waals surface area contributed by atoms with Crippen molar-refractivity contribution in [2.75, 3.05) is 5.01 Å². The summed E-state index contributed by atoms with van der Waals surface area (Å²) in [5.41, 5.74) is 1.59. The number of amides is 1. The van der Waals surface area contributed by atoms with E-state index in [2.05, 4.69) is 5.10 Å². The van der Waals surface area contributed by atoms with Gasteiger partial charge in [0.15, 0.2) is 12.4 Å². The van der Waals surface area contributed by atoms with Gasteiger partial charge in [0.1, 0.15) is 5.71 Å². The molecule has 0 bridgehead atoms. The second-order valence-electron chi connectivity index (χ2n) is 4.45. The van der Waals surface area contributed by atoms with Crippen molar-refractivity contribution in [2.24, 2.45) is 5.10 Å². The van der Waals surface area contributed by atoms with Crippen LogP contribution in [0.3, 0.4) is 0 Å². The van der Waals surface area contributed by atoms with E-state index in [4.69, 9.17) is 0 Å². The van der Waals surface area contributed by atoms with Crippen LogP contribution >= 0.6 is 0 Å². The fraction of sp³-hybridized carbons (Fsp3) is 0.133. The maximum absolute atomic E-state index is 12.5. The van der Waals surface area contributed by atoms with E-state index in [1.54, 1.807) is 0 Å². The molecule has 0 saturated heterocycles. The summed E-state index contributed by atoms with van der Waals surface area (Å²) in [6, 6.07) is 14.9. The van der Waals surface area contributed by atoms with Crippen molar-refractivity contribution in [3.63, 3.8) is 0 Å². The molecule has 0 aliphatic carbocycles. The van der Waals surface area contributed by atoms with Gasteiger partial charge in [0.05, 0.1) is 5.69 Å². The van der Waals surface area contributed by atoms with Crippen molar-refractivity contribution in [3.05, 3.63) is 60.9 Å². The van der Waals surface area contributed by atoms with E-state index in [-0.39, 0.29) is 11.9 Å². The van der Waals surface area contributed by atoms with E-state index in [9.17, 15) is 4.79 Å². The van der Waals surface area contributed by atoms with E-state index in [0.717, 1.165) is 11.4 Å². The molecule has 2 aromatic rings. The molecule has 1 aliphatic rings. The molecule has 0 N–H and O–H groups in total. The molecular weight excluding hydrogens is 238 g/mol. The van der Waals surface area contributed by atoms with Crippen LogP contribution in [-0.2, 0) is 4.79 Å². The van der Waals surface area contributed by atoms with E-state index < -0.39 is 0 Å². The molecule has 0 radical (unpaired) electrons. The van der Waals surface area contributed by atoms with Crippen LogP contribution in [0.1, 0.15) is 13.0 Å². The summed E-state index contributed by atoms with van der Waals surface area (Å²) in [6.07, 6.45) is 3.77. The lowest BCUT2D eigenvalue weighted by Crippen LogP contribution is -2.47. The van der Waals surface area contributed by atoms with Crippen molar-refractivity contribution < 1.29 is 9.36 Å². The highest BCUT2D eigenvalue weighted by molar-refractivity contribution is 6.15. The highest BCUT2D eigenvalue weighted by atomic mass is 16.2. The third-order valence-electron chi connectivity index (χ3n) is 3.13. The van der Waals surface area contributed by atoms with E-state index in [0.29, 0.717) is 0 Å². The Hall–Kier alpha value is -2.49. The zero-order valence-corrected chi connectivity index (χ0v) is 10.6. The quantitative estimate of drug-likeness (QED) is 0.752. The van der Waals surface area contributed by atoms with E-state index >= 15 is 0 Å². The molecule has 1 aromatic carbocycles. The first-order valence-corrected chi connectivity index (χ1v) is 6.17. The van der Waals surface area contributed by atoms with Crippen LogP contribution in [0.4, 0.5) is 5.69 Å². The van der Waals surface area contributed by atoms with E-state index in [1.807, 2.05) is 72.4 Å². The summed E-state index contributed by atoms with van der Waals surface area (Å²) >= 11 is 0. The van der Waals surface area contributed by atoms with Gasteiger partial charge in [-0.15, -0.1) is 0 Å². The maximum atomic E-state index is 12.5. The molecule has 94 valence electrons. The molecule has 1 atom stereocenters. The normalized spacial score (nSPS) is 18.6. The number of benzene rings is 1. The number of carbonyl (C=O) groups excluding carboxylic acids is 1. The van der Waals surface area contributed by atoms with Crippen molar-refractivity contribution in [3.8, 4) is 0 Å². The van der Waals surface area contributed by atoms with E-state index in [1.165, 1.54) is 5.01 Å². The minimum Gasteiger partial charge on any atom is -0.264 e. The zero-order valence-electron chi connectivity index (χ0n) is 10.6. The maximum Gasteiger partial charge on any atom is 0.322 e. The molecular formula is C15H14N3O+. The number of hydrogen-bond donors (Lipinski definition) is 0. The number of carbonyl (C=O) groups is 1. The predicted molar refractivity (Wildman–Crippen MR) is 72.7 cm³/mol. The van der Waals surface area contributed by atoms with Gasteiger partial charge in [-0.3, -0.25) is 4.79 Å². The molecule has 3 rings (SSSR count). The topological polar surface area (TPSA) is 36.6 Å². The Balaban J connectivity index is 1.96. The number of rotatable bonds is 2. The van der Waals surface area contributed by atoms with Crippen molar-refractivity contribution >= 4 is 17.3 Å². The molecule has 1 aromatic heterocycles. The first kappa shape index (κ1) is 11.6. The van der Waals surface area contributed by atoms with Crippen LogP contribution in [0, 0.1) is 0 Å². The minimum absolute atomic E-state index is 0.0279. The molecule has 1 unspecified atom stereocenters. The van der Waals surface area contributed by atoms with Gasteiger partial charge in [0.2, 0.25) is 0 Å². The minimum atomic E-state index is -0.346. The smallest absolute Gasteiger partial charge is 0.264 e. The van der Waals surface area contributed by atoms with Gasteiger partial charge < -0.3 is 0 Å². The van der Waals surface area contributed by atoms with Crippen LogP contribution in [0.15, 0.2) is 66.0 Å². The summed E-state index contributed by atoms with van der Waals surface area (Å²) in [5, 5.41) is 5.85. The van der Waals surface area contributed by atoms with Crippen molar-refractivity contribution in [1.29, 1.82) is 0 Å². The molecule has 2 heterocycles. The highest BCUT2D eigenvalue weighted by Crippen LogP contribution is 2.23. The molecule has 19 heavy (non-hydrogen) atoms. The van der Waals surface area contributed by atoms with Gasteiger partial charge in [-0.05, 0) is 19.1 Å². The van der Waals surface area contributed by atoms with Crippen LogP contribution in [0.25, 0.3) is 0 Å². The van der Waals surface area contributed by atoms with Crippen LogP contribution in [0.2, 0.25) is 0 Å². The lowest BCUT2D eigenvalue weighted by Gasteiger charge is -2.11. The molecule has 0 saturated carbocycles. The predicted octanol–water partition coefficient (Wildman–Crippen LogP) is 1.94. The van der Waals surface area contributed by atoms with Crippen LogP contribution in [0.5, 0.6) is 0 Å². The number of para-hydroxylation sites is 1. The SMILES string of the molecule is CC1=NN(c2ccccc2)C(=O)C1[n+]1ccccc1.